The summed E-state index contributed by atoms with van der Waals surface area (Å²) in [5.41, 5.74) is 1.35. The lowest BCUT2D eigenvalue weighted by Crippen LogP contribution is -2.45. The number of benzene rings is 1. The number of rotatable bonds is 11. The molecule has 1 aliphatic rings. The van der Waals surface area contributed by atoms with Crippen LogP contribution in [0.4, 0.5) is 0 Å². The number of amides is 1. The SMILES string of the molecule is CCOCCCNC(=NCC(=O)N(C)C)NCC1CCCN1Cc1ccccc1.I. The summed E-state index contributed by atoms with van der Waals surface area (Å²) in [4.78, 5) is 20.5. The highest BCUT2D eigenvalue weighted by Gasteiger charge is 2.24. The van der Waals surface area contributed by atoms with Crippen LogP contribution in [0.2, 0.25) is 0 Å². The fourth-order valence-electron chi connectivity index (χ4n) is 3.35. The van der Waals surface area contributed by atoms with Crippen molar-refractivity contribution in [2.24, 2.45) is 4.99 Å². The first kappa shape index (κ1) is 26.6. The number of hydrogen-bond acceptors (Lipinski definition) is 4. The number of carbonyl (C=O) groups excluding carboxylic acids is 1. The van der Waals surface area contributed by atoms with Crippen molar-refractivity contribution < 1.29 is 9.53 Å². The molecule has 0 saturated carbocycles. The van der Waals surface area contributed by atoms with Crippen molar-refractivity contribution in [3.8, 4) is 0 Å². The standard InChI is InChI=1S/C22H37N5O2.HI/c1-4-29-15-9-13-23-22(25-17-21(28)26(2)3)24-16-20-12-8-14-27(20)18-19-10-6-5-7-11-19;/h5-7,10-11,20H,4,8-9,12-18H2,1-3H3,(H2,23,24,25);1H. The Bertz CT molecular complexity index is 627. The zero-order valence-corrected chi connectivity index (χ0v) is 20.9. The zero-order valence-electron chi connectivity index (χ0n) is 18.6. The van der Waals surface area contributed by atoms with E-state index in [2.05, 4.69) is 50.9 Å². The largest absolute Gasteiger partial charge is 0.382 e. The second-order valence-electron chi connectivity index (χ2n) is 7.56. The molecule has 1 amide bonds. The lowest BCUT2D eigenvalue weighted by Gasteiger charge is -2.25. The summed E-state index contributed by atoms with van der Waals surface area (Å²) in [7, 11) is 3.50. The van der Waals surface area contributed by atoms with Gasteiger partial charge < -0.3 is 20.3 Å². The fourth-order valence-corrected chi connectivity index (χ4v) is 3.35. The second-order valence-corrected chi connectivity index (χ2v) is 7.56. The Labute approximate surface area is 198 Å². The van der Waals surface area contributed by atoms with Crippen molar-refractivity contribution in [2.45, 2.75) is 38.8 Å². The molecule has 8 heteroatoms. The Morgan fingerprint density at radius 3 is 2.73 bits per heavy atom. The van der Waals surface area contributed by atoms with Crippen LogP contribution in [0, 0.1) is 0 Å². The van der Waals surface area contributed by atoms with E-state index in [1.807, 2.05) is 6.92 Å². The highest BCUT2D eigenvalue weighted by molar-refractivity contribution is 14.0. The minimum absolute atomic E-state index is 0. The number of likely N-dealkylation sites (N-methyl/N-ethyl adjacent to an activating group) is 1. The van der Waals surface area contributed by atoms with E-state index in [0.717, 1.165) is 45.8 Å². The van der Waals surface area contributed by atoms with Crippen LogP contribution in [-0.2, 0) is 16.1 Å². The lowest BCUT2D eigenvalue weighted by atomic mass is 10.2. The number of guanidine groups is 1. The van der Waals surface area contributed by atoms with E-state index < -0.39 is 0 Å². The van der Waals surface area contributed by atoms with Crippen LogP contribution in [0.25, 0.3) is 0 Å². The molecule has 1 heterocycles. The topological polar surface area (TPSA) is 69.2 Å². The Morgan fingerprint density at radius 2 is 2.03 bits per heavy atom. The van der Waals surface area contributed by atoms with Gasteiger partial charge in [0.1, 0.15) is 6.54 Å². The van der Waals surface area contributed by atoms with Gasteiger partial charge in [0, 0.05) is 53.0 Å². The molecule has 0 bridgehead atoms. The van der Waals surface area contributed by atoms with Crippen LogP contribution in [0.15, 0.2) is 35.3 Å². The Morgan fingerprint density at radius 1 is 1.27 bits per heavy atom. The van der Waals surface area contributed by atoms with E-state index in [1.54, 1.807) is 19.0 Å². The van der Waals surface area contributed by atoms with Crippen LogP contribution in [0.5, 0.6) is 0 Å². The third-order valence-corrected chi connectivity index (χ3v) is 5.07. The highest BCUT2D eigenvalue weighted by Crippen LogP contribution is 2.19. The van der Waals surface area contributed by atoms with Crippen LogP contribution >= 0.6 is 24.0 Å². The quantitative estimate of drug-likeness (QED) is 0.199. The molecule has 1 aromatic carbocycles. The van der Waals surface area contributed by atoms with Crippen LogP contribution in [0.1, 0.15) is 31.7 Å². The maximum Gasteiger partial charge on any atom is 0.243 e. The molecule has 1 atom stereocenters. The number of aliphatic imine (C=N–C) groups is 1. The second kappa shape index (κ2) is 15.4. The minimum atomic E-state index is -0.00742. The van der Waals surface area contributed by atoms with Gasteiger partial charge in [0.05, 0.1) is 0 Å². The average Bonchev–Trinajstić information content (AvgIpc) is 3.16. The molecule has 1 aromatic rings. The van der Waals surface area contributed by atoms with Gasteiger partial charge >= 0.3 is 0 Å². The van der Waals surface area contributed by atoms with Gasteiger partial charge in [-0.3, -0.25) is 9.69 Å². The molecular weight excluding hydrogens is 493 g/mol. The van der Waals surface area contributed by atoms with Crippen LogP contribution < -0.4 is 10.6 Å². The zero-order chi connectivity index (χ0) is 20.9. The first-order valence-electron chi connectivity index (χ1n) is 10.7. The molecule has 170 valence electrons. The summed E-state index contributed by atoms with van der Waals surface area (Å²) in [6.45, 7) is 7.27. The van der Waals surface area contributed by atoms with Gasteiger partial charge in [-0.15, -0.1) is 24.0 Å². The third-order valence-electron chi connectivity index (χ3n) is 5.07. The van der Waals surface area contributed by atoms with E-state index in [-0.39, 0.29) is 36.4 Å². The minimum Gasteiger partial charge on any atom is -0.382 e. The maximum absolute atomic E-state index is 11.9. The van der Waals surface area contributed by atoms with E-state index in [9.17, 15) is 4.79 Å². The Kier molecular flexibility index (Phi) is 13.7. The van der Waals surface area contributed by atoms with Crippen molar-refractivity contribution in [1.82, 2.24) is 20.4 Å². The molecule has 2 N–H and O–H groups in total. The van der Waals surface area contributed by atoms with Crippen molar-refractivity contribution in [2.75, 3.05) is 53.5 Å². The van der Waals surface area contributed by atoms with Crippen molar-refractivity contribution in [3.63, 3.8) is 0 Å². The molecule has 0 aliphatic carbocycles. The molecule has 1 aliphatic heterocycles. The molecular formula is C22H38IN5O2. The average molecular weight is 531 g/mol. The third kappa shape index (κ3) is 10.1. The van der Waals surface area contributed by atoms with E-state index in [4.69, 9.17) is 4.74 Å². The highest BCUT2D eigenvalue weighted by atomic mass is 127. The van der Waals surface area contributed by atoms with E-state index >= 15 is 0 Å². The van der Waals surface area contributed by atoms with Crippen molar-refractivity contribution in [1.29, 1.82) is 0 Å². The number of likely N-dealkylation sites (tertiary alicyclic amines) is 1. The lowest BCUT2D eigenvalue weighted by molar-refractivity contribution is -0.127. The first-order chi connectivity index (χ1) is 14.1. The summed E-state index contributed by atoms with van der Waals surface area (Å²) >= 11 is 0. The number of nitrogens with zero attached hydrogens (tertiary/aromatic N) is 3. The number of ether oxygens (including phenoxy) is 1. The summed E-state index contributed by atoms with van der Waals surface area (Å²) in [6.07, 6.45) is 3.29. The van der Waals surface area contributed by atoms with Crippen LogP contribution in [0.3, 0.4) is 0 Å². The monoisotopic (exact) mass is 531 g/mol. The molecule has 30 heavy (non-hydrogen) atoms. The van der Waals surface area contributed by atoms with Gasteiger partial charge in [-0.1, -0.05) is 30.3 Å². The molecule has 0 aromatic heterocycles. The molecule has 0 radical (unpaired) electrons. The van der Waals surface area contributed by atoms with Gasteiger partial charge in [0.15, 0.2) is 5.96 Å². The van der Waals surface area contributed by atoms with Crippen LogP contribution in [-0.4, -0.2) is 81.2 Å². The predicted molar refractivity (Wildman–Crippen MR) is 133 cm³/mol. The predicted octanol–water partition coefficient (Wildman–Crippen LogP) is 2.32. The summed E-state index contributed by atoms with van der Waals surface area (Å²) < 4.78 is 5.39. The van der Waals surface area contributed by atoms with E-state index in [1.165, 1.54) is 18.4 Å². The fraction of sp³-hybridized carbons (Fsp3) is 0.636. The molecule has 7 nitrogen and oxygen atoms in total. The summed E-state index contributed by atoms with van der Waals surface area (Å²) in [5.74, 6) is 0.690. The molecule has 1 fully saturated rings. The van der Waals surface area contributed by atoms with Gasteiger partial charge in [-0.05, 0) is 38.3 Å². The van der Waals surface area contributed by atoms with Gasteiger partial charge in [-0.2, -0.15) is 0 Å². The smallest absolute Gasteiger partial charge is 0.243 e. The van der Waals surface area contributed by atoms with E-state index in [0.29, 0.717) is 12.0 Å². The Hall–Kier alpha value is -1.39. The van der Waals surface area contributed by atoms with Gasteiger partial charge in [0.25, 0.3) is 0 Å². The maximum atomic E-state index is 11.9. The number of hydrogen-bond donors (Lipinski definition) is 2. The van der Waals surface area contributed by atoms with Crippen molar-refractivity contribution in [3.05, 3.63) is 35.9 Å². The molecule has 1 saturated heterocycles. The number of carbonyl (C=O) groups is 1. The van der Waals surface area contributed by atoms with Gasteiger partial charge in [-0.25, -0.2) is 4.99 Å². The summed E-state index contributed by atoms with van der Waals surface area (Å²) in [5, 5.41) is 6.78. The van der Waals surface area contributed by atoms with Gasteiger partial charge in [0.2, 0.25) is 5.91 Å². The summed E-state index contributed by atoms with van der Waals surface area (Å²) in [6, 6.07) is 11.1. The normalized spacial score (nSPS) is 16.8. The Balaban J connectivity index is 0.00000450. The number of halogens is 1. The van der Waals surface area contributed by atoms with Crippen molar-refractivity contribution >= 4 is 35.8 Å². The molecule has 0 spiro atoms. The molecule has 1 unspecified atom stereocenters. The molecule has 2 rings (SSSR count). The first-order valence-corrected chi connectivity index (χ1v) is 10.7. The number of nitrogens with one attached hydrogen (secondary N) is 2.